The molecule has 108 valence electrons. The van der Waals surface area contributed by atoms with E-state index in [1.807, 2.05) is 11.5 Å². The van der Waals surface area contributed by atoms with Gasteiger partial charge in [0.25, 0.3) is 0 Å². The predicted octanol–water partition coefficient (Wildman–Crippen LogP) is 4.27. The lowest BCUT2D eigenvalue weighted by atomic mass is 10.1. The molecule has 0 amide bonds. The summed E-state index contributed by atoms with van der Waals surface area (Å²) in [6.07, 6.45) is 1.02. The molecule has 3 nitrogen and oxygen atoms in total. The van der Waals surface area contributed by atoms with Crippen LogP contribution in [0, 0.1) is 11.7 Å². The van der Waals surface area contributed by atoms with E-state index in [-0.39, 0.29) is 11.2 Å². The second kappa shape index (κ2) is 5.62. The molecule has 1 fully saturated rings. The van der Waals surface area contributed by atoms with Crippen molar-refractivity contribution in [2.45, 2.75) is 25.3 Å². The average Bonchev–Trinajstić information content (AvgIpc) is 3.00. The first-order valence-corrected chi connectivity index (χ1v) is 7.86. The first-order valence-electron chi connectivity index (χ1n) is 6.63. The molecule has 2 aromatic rings. The van der Waals surface area contributed by atoms with Crippen LogP contribution in [0.2, 0.25) is 0 Å². The lowest BCUT2D eigenvalue weighted by Crippen LogP contribution is -2.13. The molecule has 2 heterocycles. The second-order valence-corrected chi connectivity index (χ2v) is 6.69. The summed E-state index contributed by atoms with van der Waals surface area (Å²) < 4.78 is 21.7. The van der Waals surface area contributed by atoms with E-state index >= 15 is 0 Å². The highest BCUT2D eigenvalue weighted by Crippen LogP contribution is 2.30. The van der Waals surface area contributed by atoms with Crippen LogP contribution in [0.1, 0.15) is 24.5 Å². The maximum Gasteiger partial charge on any atom is 0.139 e. The van der Waals surface area contributed by atoms with Gasteiger partial charge in [-0.1, -0.05) is 0 Å². The van der Waals surface area contributed by atoms with Crippen molar-refractivity contribution in [3.8, 4) is 0 Å². The number of ether oxygens (including phenoxy) is 1. The molecule has 0 radical (unpaired) electrons. The summed E-state index contributed by atoms with van der Waals surface area (Å²) in [4.78, 5) is 4.55. The van der Waals surface area contributed by atoms with Crippen LogP contribution in [-0.4, -0.2) is 22.8 Å². The Morgan fingerprint density at radius 2 is 2.40 bits per heavy atom. The number of nitrogens with zero attached hydrogens (tertiary/aromatic N) is 2. The van der Waals surface area contributed by atoms with Crippen LogP contribution < -0.4 is 0 Å². The van der Waals surface area contributed by atoms with Crippen molar-refractivity contribution in [1.82, 2.24) is 9.55 Å². The largest absolute Gasteiger partial charge is 0.381 e. The zero-order valence-corrected chi connectivity index (χ0v) is 13.4. The Morgan fingerprint density at radius 1 is 1.60 bits per heavy atom. The summed E-state index contributed by atoms with van der Waals surface area (Å²) in [5.41, 5.74) is 1.56. The number of alkyl halides is 1. The maximum atomic E-state index is 13.8. The zero-order chi connectivity index (χ0) is 14.3. The summed E-state index contributed by atoms with van der Waals surface area (Å²) in [5.74, 6) is 0.939. The lowest BCUT2D eigenvalue weighted by molar-refractivity contribution is 0.182. The molecule has 1 aromatic heterocycles. The molecule has 0 spiro atoms. The Kier molecular flexibility index (Phi) is 4.02. The molecule has 6 heteroatoms. The van der Waals surface area contributed by atoms with E-state index in [1.54, 1.807) is 6.07 Å². The molecular weight excluding hydrogens is 347 g/mol. The summed E-state index contributed by atoms with van der Waals surface area (Å²) >= 11 is 9.42. The average molecular weight is 362 g/mol. The molecule has 1 saturated heterocycles. The van der Waals surface area contributed by atoms with Gasteiger partial charge in [-0.05, 0) is 35.3 Å². The number of aromatic nitrogens is 2. The fraction of sp³-hybridized carbons (Fsp3) is 0.500. The molecule has 0 N–H and O–H groups in total. The second-order valence-electron chi connectivity index (χ2n) is 5.18. The smallest absolute Gasteiger partial charge is 0.139 e. The molecule has 1 aliphatic rings. The maximum absolute atomic E-state index is 13.8. The number of hydrogen-bond donors (Lipinski definition) is 0. The number of imidazole rings is 1. The Morgan fingerprint density at radius 3 is 3.05 bits per heavy atom. The molecule has 0 aliphatic carbocycles. The van der Waals surface area contributed by atoms with Crippen LogP contribution in [0.4, 0.5) is 4.39 Å². The lowest BCUT2D eigenvalue weighted by Gasteiger charge is -2.14. The predicted molar refractivity (Wildman–Crippen MR) is 80.6 cm³/mol. The highest BCUT2D eigenvalue weighted by molar-refractivity contribution is 9.10. The van der Waals surface area contributed by atoms with E-state index in [4.69, 9.17) is 16.3 Å². The summed E-state index contributed by atoms with van der Waals surface area (Å²) in [6, 6.07) is 3.22. The minimum atomic E-state index is -0.282. The van der Waals surface area contributed by atoms with Gasteiger partial charge in [-0.25, -0.2) is 9.37 Å². The standard InChI is InChI=1S/C14H15BrClFN2O/c1-8(16)14-18-12-4-10(15)11(17)5-13(12)19(14)6-9-2-3-20-7-9/h4-5,8-9H,2-3,6-7H2,1H3. The molecule has 3 rings (SSSR count). The normalized spacial score (nSPS) is 20.7. The van der Waals surface area contributed by atoms with Gasteiger partial charge in [0.05, 0.1) is 27.5 Å². The van der Waals surface area contributed by atoms with Crippen molar-refractivity contribution in [3.05, 3.63) is 28.2 Å². The molecule has 2 unspecified atom stereocenters. The van der Waals surface area contributed by atoms with E-state index in [0.717, 1.165) is 43.0 Å². The van der Waals surface area contributed by atoms with E-state index in [9.17, 15) is 4.39 Å². The molecule has 0 saturated carbocycles. The topological polar surface area (TPSA) is 27.1 Å². The van der Waals surface area contributed by atoms with E-state index in [0.29, 0.717) is 10.4 Å². The van der Waals surface area contributed by atoms with Gasteiger partial charge in [0.2, 0.25) is 0 Å². The van der Waals surface area contributed by atoms with E-state index in [2.05, 4.69) is 20.9 Å². The highest BCUT2D eigenvalue weighted by Gasteiger charge is 2.22. The Bertz CT molecular complexity index is 638. The van der Waals surface area contributed by atoms with E-state index in [1.165, 1.54) is 6.07 Å². The van der Waals surface area contributed by atoms with Crippen molar-refractivity contribution in [1.29, 1.82) is 0 Å². The third-order valence-electron chi connectivity index (χ3n) is 3.64. The van der Waals surface area contributed by atoms with Crippen molar-refractivity contribution >= 4 is 38.6 Å². The molecule has 1 aromatic carbocycles. The molecular formula is C14H15BrClFN2O. The van der Waals surface area contributed by atoms with Gasteiger partial charge in [0.1, 0.15) is 11.6 Å². The number of benzene rings is 1. The van der Waals surface area contributed by atoms with Gasteiger partial charge in [-0.2, -0.15) is 0 Å². The van der Waals surface area contributed by atoms with Gasteiger partial charge >= 0.3 is 0 Å². The van der Waals surface area contributed by atoms with E-state index < -0.39 is 0 Å². The SMILES string of the molecule is CC(Cl)c1nc2cc(Br)c(F)cc2n1CC1CCOC1. The summed E-state index contributed by atoms with van der Waals surface area (Å²) in [5, 5.41) is -0.216. The summed E-state index contributed by atoms with van der Waals surface area (Å²) in [6.45, 7) is 4.19. The zero-order valence-electron chi connectivity index (χ0n) is 11.1. The molecule has 2 atom stereocenters. The molecule has 0 bridgehead atoms. The first kappa shape index (κ1) is 14.3. The third-order valence-corrected chi connectivity index (χ3v) is 4.44. The summed E-state index contributed by atoms with van der Waals surface area (Å²) in [7, 11) is 0. The highest BCUT2D eigenvalue weighted by atomic mass is 79.9. The van der Waals surface area contributed by atoms with Crippen molar-refractivity contribution in [3.63, 3.8) is 0 Å². The van der Waals surface area contributed by atoms with Crippen LogP contribution in [0.15, 0.2) is 16.6 Å². The number of fused-ring (bicyclic) bond motifs is 1. The Balaban J connectivity index is 2.10. The third kappa shape index (κ3) is 2.59. The molecule has 20 heavy (non-hydrogen) atoms. The van der Waals surface area contributed by atoms with Crippen LogP contribution in [0.25, 0.3) is 11.0 Å². The van der Waals surface area contributed by atoms with Gasteiger partial charge < -0.3 is 9.30 Å². The minimum absolute atomic E-state index is 0.216. The fourth-order valence-electron chi connectivity index (χ4n) is 2.62. The molecule has 1 aliphatic heterocycles. The van der Waals surface area contributed by atoms with Crippen LogP contribution in [0.3, 0.4) is 0 Å². The fourth-order valence-corrected chi connectivity index (χ4v) is 3.12. The van der Waals surface area contributed by atoms with Gasteiger partial charge in [0, 0.05) is 25.1 Å². The quantitative estimate of drug-likeness (QED) is 0.763. The number of halogens is 3. The van der Waals surface area contributed by atoms with Gasteiger partial charge in [0.15, 0.2) is 0 Å². The first-order chi connectivity index (χ1) is 9.56. The van der Waals surface area contributed by atoms with Crippen molar-refractivity contribution in [2.24, 2.45) is 5.92 Å². The number of hydrogen-bond acceptors (Lipinski definition) is 2. The van der Waals surface area contributed by atoms with Crippen LogP contribution in [0.5, 0.6) is 0 Å². The van der Waals surface area contributed by atoms with Crippen molar-refractivity contribution < 1.29 is 9.13 Å². The monoisotopic (exact) mass is 360 g/mol. The number of rotatable bonds is 3. The Labute approximate surface area is 130 Å². The van der Waals surface area contributed by atoms with Crippen LogP contribution in [-0.2, 0) is 11.3 Å². The Hall–Kier alpha value is -0.650. The van der Waals surface area contributed by atoms with Crippen LogP contribution >= 0.6 is 27.5 Å². The van der Waals surface area contributed by atoms with Crippen molar-refractivity contribution in [2.75, 3.05) is 13.2 Å². The van der Waals surface area contributed by atoms with Gasteiger partial charge in [-0.15, -0.1) is 11.6 Å². The van der Waals surface area contributed by atoms with Gasteiger partial charge in [-0.3, -0.25) is 0 Å². The minimum Gasteiger partial charge on any atom is -0.381 e.